The van der Waals surface area contributed by atoms with Crippen LogP contribution in [0, 0.1) is 17.4 Å². The molecule has 0 bridgehead atoms. The largest absolute Gasteiger partial charge is 0.457 e. The van der Waals surface area contributed by atoms with Gasteiger partial charge in [-0.15, -0.1) is 0 Å². The van der Waals surface area contributed by atoms with Gasteiger partial charge in [0.05, 0.1) is 91.2 Å². The Balaban J connectivity index is 0.000000219. The molecule has 8 rings (SSSR count). The van der Waals surface area contributed by atoms with Gasteiger partial charge >= 0.3 is 30.0 Å². The molecule has 0 radical (unpaired) electrons. The summed E-state index contributed by atoms with van der Waals surface area (Å²) in [5, 5.41) is 31.7. The number of hydrogen-bond donors (Lipinski definition) is 4. The average molecular weight is 1060 g/mol. The van der Waals surface area contributed by atoms with Crippen LogP contribution in [0.1, 0.15) is 53.4 Å². The first-order valence-electron chi connectivity index (χ1n) is 24.6. The fourth-order valence-electron chi connectivity index (χ4n) is 8.94. The van der Waals surface area contributed by atoms with E-state index in [9.17, 15) is 33.6 Å². The molecule has 4 N–H and O–H groups in total. The van der Waals surface area contributed by atoms with Gasteiger partial charge in [0.1, 0.15) is 73.8 Å². The van der Waals surface area contributed by atoms with E-state index in [4.69, 9.17) is 81.8 Å². The van der Waals surface area contributed by atoms with Crippen molar-refractivity contribution in [2.75, 3.05) is 79.1 Å². The Labute approximate surface area is 425 Å². The summed E-state index contributed by atoms with van der Waals surface area (Å²) in [4.78, 5) is 84.8. The summed E-state index contributed by atoms with van der Waals surface area (Å²) >= 11 is 0. The van der Waals surface area contributed by atoms with Crippen molar-refractivity contribution in [3.8, 4) is 6.26 Å². The molecule has 8 heterocycles. The van der Waals surface area contributed by atoms with Crippen molar-refractivity contribution in [3.63, 3.8) is 0 Å². The molecule has 8 fully saturated rings. The van der Waals surface area contributed by atoms with E-state index < -0.39 is 103 Å². The lowest BCUT2D eigenvalue weighted by atomic mass is 10.1. The summed E-state index contributed by atoms with van der Waals surface area (Å²) in [6.07, 6.45) is -5.82. The third-order valence-electron chi connectivity index (χ3n) is 12.4. The quantitative estimate of drug-likeness (QED) is 0.0246. The van der Waals surface area contributed by atoms with Crippen LogP contribution in [0.25, 0.3) is 0 Å². The molecule has 2 amide bonds. The Hall–Kier alpha value is -5.15. The summed E-state index contributed by atoms with van der Waals surface area (Å²) < 4.78 is 81.0. The number of isocyanates is 1. The van der Waals surface area contributed by atoms with Gasteiger partial charge in [-0.3, -0.25) is 24.0 Å². The molecular weight excluding hydrogens is 993 g/mol. The zero-order valence-electron chi connectivity index (χ0n) is 41.5. The minimum Gasteiger partial charge on any atom is -0.457 e. The molecule has 0 aromatic rings. The van der Waals surface area contributed by atoms with Crippen LogP contribution in [0.5, 0.6) is 0 Å². The Morgan fingerprint density at radius 1 is 0.541 bits per heavy atom. The smallest absolute Gasteiger partial charge is 0.407 e. The number of amides is 2. The highest BCUT2D eigenvalue weighted by molar-refractivity contribution is 5.78. The van der Waals surface area contributed by atoms with Crippen LogP contribution in [0.15, 0.2) is 4.99 Å². The molecule has 414 valence electrons. The van der Waals surface area contributed by atoms with Crippen LogP contribution in [0.4, 0.5) is 4.79 Å². The second kappa shape index (κ2) is 28.7. The standard InChI is InChI=1S/C26H40N2O12.C14H16N2O8.C6H10O4/c1-13(2)25(31)27-7-5-19(29)38-16-10-34-23-17(11-35-22(16)23)39-20(30)6-8-28-26(32)40-18-12-36-21-15(37-14(3)4)9-33-24(18)21;15-7-20-4-2-12(19)24-10-6-22-13-9(5-21-14(10)13)23-11(18)1-3-16-8-17;7-3-1-9-6-4(8)2-10-5(3)6/h13-18,21-24H,5-12H2,1-4H3,(H,27,31)(H,28,32);9-10,13-14H,1-6H2;3-8H,1-2H2/t15?,16-,17+,18?,21-,22-,23-,24-;9-,10+,13+,14+;3-,4+,5-,6-/m101/s1. The fraction of sp³-hybridized carbons (Fsp3) is 0.826. The number of fused-ring (bicyclic) bond motifs is 4. The van der Waals surface area contributed by atoms with Crippen molar-refractivity contribution >= 4 is 42.0 Å². The number of nitrogens with one attached hydrogen (secondary N) is 2. The maximum Gasteiger partial charge on any atom is 0.407 e. The number of rotatable bonds is 20. The summed E-state index contributed by atoms with van der Waals surface area (Å²) in [7, 11) is 0. The van der Waals surface area contributed by atoms with Gasteiger partial charge in [0, 0.05) is 19.0 Å². The monoisotopic (exact) mass is 1060 g/mol. The second-order valence-corrected chi connectivity index (χ2v) is 18.6. The van der Waals surface area contributed by atoms with Crippen LogP contribution < -0.4 is 10.6 Å². The van der Waals surface area contributed by atoms with Crippen LogP contribution in [-0.2, 0) is 99.8 Å². The molecule has 74 heavy (non-hydrogen) atoms. The van der Waals surface area contributed by atoms with Crippen LogP contribution in [-0.4, -0.2) is 235 Å². The van der Waals surface area contributed by atoms with E-state index in [1.54, 1.807) is 13.8 Å². The number of hydrogen-bond acceptors (Lipinski definition) is 26. The predicted octanol–water partition coefficient (Wildman–Crippen LogP) is -2.43. The third-order valence-corrected chi connectivity index (χ3v) is 12.4. The average Bonchev–Trinajstić information content (AvgIpc) is 4.24. The minimum absolute atomic E-state index is 0.00932. The highest BCUT2D eigenvalue weighted by Crippen LogP contribution is 2.34. The number of aliphatic hydroxyl groups excluding tert-OH is 2. The van der Waals surface area contributed by atoms with Gasteiger partial charge in [-0.25, -0.2) is 14.6 Å². The van der Waals surface area contributed by atoms with Gasteiger partial charge in [0.2, 0.25) is 12.0 Å². The summed E-state index contributed by atoms with van der Waals surface area (Å²) in [5.41, 5.74) is 0. The van der Waals surface area contributed by atoms with Crippen molar-refractivity contribution in [2.24, 2.45) is 10.9 Å². The van der Waals surface area contributed by atoms with E-state index in [0.29, 0.717) is 6.61 Å². The molecule has 8 aliphatic rings. The van der Waals surface area contributed by atoms with E-state index in [2.05, 4.69) is 20.4 Å². The van der Waals surface area contributed by atoms with E-state index in [0.717, 1.165) is 0 Å². The molecule has 0 saturated carbocycles. The van der Waals surface area contributed by atoms with Crippen LogP contribution >= 0.6 is 0 Å². The predicted molar refractivity (Wildman–Crippen MR) is 239 cm³/mol. The Morgan fingerprint density at radius 2 is 0.919 bits per heavy atom. The number of nitriles is 1. The fourth-order valence-corrected chi connectivity index (χ4v) is 8.94. The molecular formula is C46H66N4O24. The van der Waals surface area contributed by atoms with Crippen molar-refractivity contribution in [1.29, 1.82) is 5.26 Å². The topological polar surface area (TPSA) is 359 Å². The summed E-state index contributed by atoms with van der Waals surface area (Å²) in [6, 6.07) is 0. The first kappa shape index (κ1) is 58.1. The number of alkyl carbamates (subject to hydrolysis) is 1. The van der Waals surface area contributed by atoms with Crippen molar-refractivity contribution < 1.29 is 115 Å². The molecule has 28 heteroatoms. The minimum atomic E-state index is -0.685. The lowest BCUT2D eigenvalue weighted by Gasteiger charge is -2.19. The van der Waals surface area contributed by atoms with E-state index in [1.807, 2.05) is 13.8 Å². The van der Waals surface area contributed by atoms with Gasteiger partial charge in [0.15, 0.2) is 30.5 Å². The molecule has 0 aliphatic carbocycles. The van der Waals surface area contributed by atoms with Crippen molar-refractivity contribution in [2.45, 2.75) is 157 Å². The number of ether oxygens (including phenoxy) is 15. The van der Waals surface area contributed by atoms with E-state index in [-0.39, 0.29) is 141 Å². The number of aliphatic imine (C=N–C) groups is 1. The number of aliphatic hydroxyl groups is 2. The summed E-state index contributed by atoms with van der Waals surface area (Å²) in [6.45, 7) is 9.15. The summed E-state index contributed by atoms with van der Waals surface area (Å²) in [5.74, 6) is -2.40. The molecule has 0 aromatic heterocycles. The van der Waals surface area contributed by atoms with Crippen molar-refractivity contribution in [1.82, 2.24) is 10.6 Å². The highest BCUT2D eigenvalue weighted by Gasteiger charge is 2.53. The number of esters is 4. The van der Waals surface area contributed by atoms with Crippen LogP contribution in [0.2, 0.25) is 0 Å². The van der Waals surface area contributed by atoms with Gasteiger partial charge in [-0.1, -0.05) is 13.8 Å². The number of nitrogens with zero attached hydrogens (tertiary/aromatic N) is 2. The maximum atomic E-state index is 12.4. The van der Waals surface area contributed by atoms with Crippen LogP contribution in [0.3, 0.4) is 0 Å². The maximum absolute atomic E-state index is 12.4. The van der Waals surface area contributed by atoms with E-state index >= 15 is 0 Å². The Bertz CT molecular complexity index is 1970. The van der Waals surface area contributed by atoms with Crippen molar-refractivity contribution in [3.05, 3.63) is 0 Å². The SMILES string of the molecule is CC(C)OC1CO[C@@H]2C(OC(=O)NCCC(=O)O[C@H]3CO[C@H]4[C@@H]3OC[C@H]4OC(=O)CCNC(=O)C(C)C)CO[C@H]12.N#COCCC(=O)O[C@@H]1CO[C@H]2[C@@H]1OC[C@@H]2OC(=O)CCN=C=O.O[C@@H]1CO[C@H]2[C@@H]1OC[C@@H]2O. The lowest BCUT2D eigenvalue weighted by molar-refractivity contribution is -0.157. The first-order chi connectivity index (χ1) is 35.6. The molecule has 8 aliphatic heterocycles. The van der Waals surface area contributed by atoms with Gasteiger partial charge in [0.25, 0.3) is 6.26 Å². The Morgan fingerprint density at radius 3 is 1.34 bits per heavy atom. The second-order valence-electron chi connectivity index (χ2n) is 18.6. The molecule has 16 atom stereocenters. The number of carbonyl (C=O) groups excluding carboxylic acids is 7. The first-order valence-corrected chi connectivity index (χ1v) is 24.6. The third kappa shape index (κ3) is 16.4. The normalized spacial score (nSPS) is 33.7. The molecule has 8 saturated heterocycles. The van der Waals surface area contributed by atoms with Gasteiger partial charge < -0.3 is 91.9 Å². The number of carbonyl (C=O) groups is 6. The zero-order valence-corrected chi connectivity index (χ0v) is 41.5. The molecule has 28 nitrogen and oxygen atoms in total. The highest BCUT2D eigenvalue weighted by atomic mass is 16.7. The lowest BCUT2D eigenvalue weighted by Crippen LogP contribution is -2.39. The zero-order chi connectivity index (χ0) is 53.3. The van der Waals surface area contributed by atoms with Gasteiger partial charge in [-0.2, -0.15) is 5.26 Å². The Kier molecular flexibility index (Phi) is 22.5. The molecule has 2 unspecified atom stereocenters. The molecule has 0 spiro atoms. The molecule has 0 aromatic carbocycles. The van der Waals surface area contributed by atoms with E-state index in [1.165, 1.54) is 12.3 Å². The van der Waals surface area contributed by atoms with Gasteiger partial charge in [-0.05, 0) is 13.8 Å².